The number of likely N-dealkylation sites (N-methyl/N-ethyl adjacent to an activating group) is 1. The fraction of sp³-hybridized carbons (Fsp3) is 0.682. The molecule has 2 rings (SSSR count). The zero-order valence-electron chi connectivity index (χ0n) is 19.0. The van der Waals surface area contributed by atoms with Crippen LogP contribution >= 0.6 is 0 Å². The number of esters is 1. The Bertz CT molecular complexity index is 740. The molecule has 0 radical (unpaired) electrons. The van der Waals surface area contributed by atoms with Gasteiger partial charge in [-0.1, -0.05) is 13.8 Å². The van der Waals surface area contributed by atoms with E-state index in [0.717, 1.165) is 12.0 Å². The molecule has 0 aliphatic carbocycles. The SMILES string of the molecule is CC(C)OC(=O)c1c(C(C)C)ccnc1N(C)[C@@H]1CCN(C(=O)OC(C)(C)C)C1. The van der Waals surface area contributed by atoms with Gasteiger partial charge in [-0.05, 0) is 58.6 Å². The number of ether oxygens (including phenoxy) is 2. The lowest BCUT2D eigenvalue weighted by atomic mass is 9.97. The van der Waals surface area contributed by atoms with Gasteiger partial charge in [0.15, 0.2) is 0 Å². The third-order valence-electron chi connectivity index (χ3n) is 4.83. The third-order valence-corrected chi connectivity index (χ3v) is 4.83. The first-order valence-electron chi connectivity index (χ1n) is 10.3. The molecule has 1 amide bonds. The molecule has 1 fully saturated rings. The van der Waals surface area contributed by atoms with E-state index in [0.29, 0.717) is 24.5 Å². The molecule has 0 saturated carbocycles. The number of carbonyl (C=O) groups excluding carboxylic acids is 2. The number of likely N-dealkylation sites (tertiary alicyclic amines) is 1. The minimum Gasteiger partial charge on any atom is -0.459 e. The Kier molecular flexibility index (Phi) is 7.14. The molecule has 162 valence electrons. The maximum Gasteiger partial charge on any atom is 0.410 e. The molecule has 1 aromatic rings. The van der Waals surface area contributed by atoms with Crippen molar-refractivity contribution in [3.8, 4) is 0 Å². The van der Waals surface area contributed by atoms with Crippen LogP contribution in [0, 0.1) is 0 Å². The van der Waals surface area contributed by atoms with Crippen LogP contribution in [0.1, 0.15) is 76.7 Å². The molecule has 0 unspecified atom stereocenters. The van der Waals surface area contributed by atoms with Gasteiger partial charge in [0.25, 0.3) is 0 Å². The highest BCUT2D eigenvalue weighted by Gasteiger charge is 2.34. The van der Waals surface area contributed by atoms with Crippen molar-refractivity contribution in [3.63, 3.8) is 0 Å². The molecule has 1 atom stereocenters. The molecule has 1 saturated heterocycles. The molecule has 0 N–H and O–H groups in total. The van der Waals surface area contributed by atoms with E-state index in [1.165, 1.54) is 0 Å². The first-order chi connectivity index (χ1) is 13.4. The molecule has 1 aromatic heterocycles. The van der Waals surface area contributed by atoms with E-state index in [4.69, 9.17) is 9.47 Å². The number of hydrogen-bond donors (Lipinski definition) is 0. The van der Waals surface area contributed by atoms with Crippen molar-refractivity contribution in [3.05, 3.63) is 23.4 Å². The minimum absolute atomic E-state index is 0.0445. The lowest BCUT2D eigenvalue weighted by Crippen LogP contribution is -2.40. The van der Waals surface area contributed by atoms with Gasteiger partial charge in [-0.3, -0.25) is 0 Å². The van der Waals surface area contributed by atoms with Crippen LogP contribution in [0.25, 0.3) is 0 Å². The van der Waals surface area contributed by atoms with Crippen LogP contribution in [-0.4, -0.2) is 59.8 Å². The molecule has 0 bridgehead atoms. The molecular formula is C22H35N3O4. The van der Waals surface area contributed by atoms with E-state index in [9.17, 15) is 9.59 Å². The van der Waals surface area contributed by atoms with Gasteiger partial charge in [0.1, 0.15) is 17.0 Å². The number of aromatic nitrogens is 1. The van der Waals surface area contributed by atoms with Gasteiger partial charge < -0.3 is 19.3 Å². The van der Waals surface area contributed by atoms with Gasteiger partial charge in [0.2, 0.25) is 0 Å². The van der Waals surface area contributed by atoms with Gasteiger partial charge in [-0.25, -0.2) is 14.6 Å². The zero-order valence-corrected chi connectivity index (χ0v) is 19.0. The summed E-state index contributed by atoms with van der Waals surface area (Å²) in [5, 5.41) is 0. The Morgan fingerprint density at radius 1 is 1.24 bits per heavy atom. The average molecular weight is 406 g/mol. The zero-order chi connectivity index (χ0) is 21.9. The van der Waals surface area contributed by atoms with Crippen LogP contribution in [0.3, 0.4) is 0 Å². The maximum absolute atomic E-state index is 12.9. The number of hydrogen-bond acceptors (Lipinski definition) is 6. The van der Waals surface area contributed by atoms with E-state index in [-0.39, 0.29) is 30.1 Å². The summed E-state index contributed by atoms with van der Waals surface area (Å²) in [6.45, 7) is 14.5. The summed E-state index contributed by atoms with van der Waals surface area (Å²) in [5.41, 5.74) is 0.894. The van der Waals surface area contributed by atoms with Gasteiger partial charge in [-0.2, -0.15) is 0 Å². The first-order valence-corrected chi connectivity index (χ1v) is 10.3. The highest BCUT2D eigenvalue weighted by Crippen LogP contribution is 2.30. The van der Waals surface area contributed by atoms with Gasteiger partial charge in [0, 0.05) is 32.4 Å². The normalized spacial score (nSPS) is 17.0. The van der Waals surface area contributed by atoms with Crippen molar-refractivity contribution in [2.45, 2.75) is 78.6 Å². The lowest BCUT2D eigenvalue weighted by Gasteiger charge is -2.29. The Morgan fingerprint density at radius 2 is 1.90 bits per heavy atom. The third kappa shape index (κ3) is 5.84. The molecule has 0 spiro atoms. The molecule has 7 nitrogen and oxygen atoms in total. The Morgan fingerprint density at radius 3 is 2.45 bits per heavy atom. The summed E-state index contributed by atoms with van der Waals surface area (Å²) in [7, 11) is 1.92. The quantitative estimate of drug-likeness (QED) is 0.683. The van der Waals surface area contributed by atoms with E-state index in [1.54, 1.807) is 11.1 Å². The van der Waals surface area contributed by atoms with Crippen LogP contribution < -0.4 is 4.90 Å². The van der Waals surface area contributed by atoms with Crippen molar-refractivity contribution < 1.29 is 19.1 Å². The average Bonchev–Trinajstić information content (AvgIpc) is 3.08. The topological polar surface area (TPSA) is 72.0 Å². The smallest absolute Gasteiger partial charge is 0.410 e. The number of amides is 1. The fourth-order valence-corrected chi connectivity index (χ4v) is 3.42. The number of pyridine rings is 1. The second kappa shape index (κ2) is 9.01. The molecular weight excluding hydrogens is 370 g/mol. The van der Waals surface area contributed by atoms with Crippen LogP contribution in [0.15, 0.2) is 12.3 Å². The van der Waals surface area contributed by atoms with Crippen molar-refractivity contribution in [2.75, 3.05) is 25.0 Å². The maximum atomic E-state index is 12.9. The fourth-order valence-electron chi connectivity index (χ4n) is 3.42. The van der Waals surface area contributed by atoms with Crippen molar-refractivity contribution in [1.29, 1.82) is 0 Å². The van der Waals surface area contributed by atoms with E-state index in [2.05, 4.69) is 4.98 Å². The van der Waals surface area contributed by atoms with Gasteiger partial charge in [-0.15, -0.1) is 0 Å². The van der Waals surface area contributed by atoms with Crippen LogP contribution in [0.2, 0.25) is 0 Å². The number of anilines is 1. The second-order valence-corrected chi connectivity index (χ2v) is 9.19. The predicted octanol–water partition coefficient (Wildman–Crippen LogP) is 4.22. The Hall–Kier alpha value is -2.31. The van der Waals surface area contributed by atoms with Crippen molar-refractivity contribution in [2.24, 2.45) is 0 Å². The summed E-state index contributed by atoms with van der Waals surface area (Å²) < 4.78 is 11.0. The van der Waals surface area contributed by atoms with Crippen molar-refractivity contribution >= 4 is 17.9 Å². The minimum atomic E-state index is -0.526. The first kappa shape index (κ1) is 23.0. The van der Waals surface area contributed by atoms with Gasteiger partial charge >= 0.3 is 12.1 Å². The Labute approximate surface area is 174 Å². The Balaban J connectivity index is 2.27. The molecule has 0 aromatic carbocycles. The predicted molar refractivity (Wildman–Crippen MR) is 113 cm³/mol. The van der Waals surface area contributed by atoms with E-state index >= 15 is 0 Å². The molecule has 1 aliphatic rings. The van der Waals surface area contributed by atoms with Crippen LogP contribution in [-0.2, 0) is 9.47 Å². The second-order valence-electron chi connectivity index (χ2n) is 9.19. The van der Waals surface area contributed by atoms with Crippen molar-refractivity contribution in [1.82, 2.24) is 9.88 Å². The standard InChI is InChI=1S/C22H35N3O4/c1-14(2)17-9-11-23-19(18(17)20(26)28-15(3)4)24(8)16-10-12-25(13-16)21(27)29-22(5,6)7/h9,11,14-16H,10,12-13H2,1-8H3/t16-/m1/s1. The molecule has 1 aliphatic heterocycles. The monoisotopic (exact) mass is 405 g/mol. The molecule has 29 heavy (non-hydrogen) atoms. The number of carbonyl (C=O) groups is 2. The summed E-state index contributed by atoms with van der Waals surface area (Å²) in [4.78, 5) is 33.5. The largest absolute Gasteiger partial charge is 0.459 e. The summed E-state index contributed by atoms with van der Waals surface area (Å²) >= 11 is 0. The summed E-state index contributed by atoms with van der Waals surface area (Å²) in [6.07, 6.45) is 1.99. The van der Waals surface area contributed by atoms with Crippen LogP contribution in [0.5, 0.6) is 0 Å². The molecule has 2 heterocycles. The molecule has 7 heteroatoms. The number of rotatable bonds is 5. The highest BCUT2D eigenvalue weighted by atomic mass is 16.6. The van der Waals surface area contributed by atoms with E-state index < -0.39 is 5.60 Å². The summed E-state index contributed by atoms with van der Waals surface area (Å²) in [5.74, 6) is 0.389. The van der Waals surface area contributed by atoms with E-state index in [1.807, 2.05) is 66.5 Å². The lowest BCUT2D eigenvalue weighted by molar-refractivity contribution is 0.0290. The summed E-state index contributed by atoms with van der Waals surface area (Å²) in [6, 6.07) is 1.92. The van der Waals surface area contributed by atoms with Crippen LogP contribution in [0.4, 0.5) is 10.6 Å². The highest BCUT2D eigenvalue weighted by molar-refractivity contribution is 5.96. The number of nitrogens with zero attached hydrogens (tertiary/aromatic N) is 3. The van der Waals surface area contributed by atoms with Gasteiger partial charge in [0.05, 0.1) is 6.10 Å².